The molecule has 3 unspecified atom stereocenters. The highest BCUT2D eigenvalue weighted by Crippen LogP contribution is 2.41. The molecule has 0 spiro atoms. The maximum Gasteiger partial charge on any atom is 0.141 e. The van der Waals surface area contributed by atoms with Gasteiger partial charge in [0, 0.05) is 37.9 Å². The van der Waals surface area contributed by atoms with E-state index in [9.17, 15) is 5.11 Å². The molecule has 4 heteroatoms. The highest BCUT2D eigenvalue weighted by molar-refractivity contribution is 5.11. The number of aliphatic hydroxyl groups is 1. The number of imidazole rings is 1. The quantitative estimate of drug-likeness (QED) is 0.803. The molecule has 3 atom stereocenters. The third kappa shape index (κ3) is 1.33. The second kappa shape index (κ2) is 3.57. The maximum atomic E-state index is 10.9. The number of rotatable bonds is 2. The van der Waals surface area contributed by atoms with Crippen molar-refractivity contribution >= 4 is 0 Å². The van der Waals surface area contributed by atoms with Gasteiger partial charge in [-0.2, -0.15) is 0 Å². The Morgan fingerprint density at radius 1 is 1.56 bits per heavy atom. The van der Waals surface area contributed by atoms with E-state index in [4.69, 9.17) is 0 Å². The minimum Gasteiger partial charge on any atom is -0.382 e. The summed E-state index contributed by atoms with van der Waals surface area (Å²) in [7, 11) is 0. The van der Waals surface area contributed by atoms with Gasteiger partial charge in [-0.05, 0) is 26.3 Å². The fraction of sp³-hybridized carbons (Fsp3) is 0.750. The first-order chi connectivity index (χ1) is 7.74. The Labute approximate surface area is 95.9 Å². The second-order valence-corrected chi connectivity index (χ2v) is 5.00. The molecule has 0 aliphatic carbocycles. The van der Waals surface area contributed by atoms with Gasteiger partial charge in [0.15, 0.2) is 0 Å². The predicted octanol–water partition coefficient (Wildman–Crippen LogP) is 0.816. The van der Waals surface area contributed by atoms with Gasteiger partial charge in [0.25, 0.3) is 0 Å². The zero-order chi connectivity index (χ0) is 11.2. The number of fused-ring (bicyclic) bond motifs is 2. The molecule has 2 saturated heterocycles. The number of aromatic nitrogens is 2. The number of piperidine rings is 1. The summed E-state index contributed by atoms with van der Waals surface area (Å²) in [4.78, 5) is 6.84. The summed E-state index contributed by atoms with van der Waals surface area (Å²) in [6.07, 6.45) is 5.70. The summed E-state index contributed by atoms with van der Waals surface area (Å²) >= 11 is 0. The lowest BCUT2D eigenvalue weighted by atomic mass is 9.81. The zero-order valence-electron chi connectivity index (χ0n) is 9.76. The lowest BCUT2D eigenvalue weighted by Crippen LogP contribution is -2.45. The van der Waals surface area contributed by atoms with Crippen molar-refractivity contribution < 1.29 is 5.11 Å². The van der Waals surface area contributed by atoms with E-state index in [2.05, 4.69) is 21.4 Å². The molecule has 1 aromatic heterocycles. The van der Waals surface area contributed by atoms with Crippen LogP contribution in [0.3, 0.4) is 0 Å². The molecule has 0 saturated carbocycles. The van der Waals surface area contributed by atoms with Crippen LogP contribution >= 0.6 is 0 Å². The molecule has 1 aromatic rings. The van der Waals surface area contributed by atoms with Crippen molar-refractivity contribution in [2.24, 2.45) is 5.92 Å². The molecule has 2 aliphatic heterocycles. The number of hydrogen-bond donors (Lipinski definition) is 1. The summed E-state index contributed by atoms with van der Waals surface area (Å²) in [5.41, 5.74) is -0.688. The van der Waals surface area contributed by atoms with Gasteiger partial charge in [0.2, 0.25) is 0 Å². The lowest BCUT2D eigenvalue weighted by molar-refractivity contribution is -0.0598. The van der Waals surface area contributed by atoms with E-state index in [0.717, 1.165) is 44.8 Å². The first-order valence-corrected chi connectivity index (χ1v) is 6.20. The fourth-order valence-corrected chi connectivity index (χ4v) is 3.20. The number of nitrogens with zero attached hydrogens (tertiary/aromatic N) is 3. The third-order valence-electron chi connectivity index (χ3n) is 4.20. The van der Waals surface area contributed by atoms with Gasteiger partial charge in [-0.1, -0.05) is 0 Å². The van der Waals surface area contributed by atoms with Gasteiger partial charge in [-0.25, -0.2) is 4.98 Å². The van der Waals surface area contributed by atoms with Gasteiger partial charge in [0.05, 0.1) is 0 Å². The van der Waals surface area contributed by atoms with E-state index in [-0.39, 0.29) is 0 Å². The van der Waals surface area contributed by atoms with Crippen molar-refractivity contribution in [3.8, 4) is 0 Å². The van der Waals surface area contributed by atoms with Crippen LogP contribution in [0.2, 0.25) is 0 Å². The van der Waals surface area contributed by atoms with Gasteiger partial charge < -0.3 is 14.6 Å². The van der Waals surface area contributed by atoms with Crippen molar-refractivity contribution in [2.45, 2.75) is 31.9 Å². The molecular formula is C12H19N3O. The molecule has 0 amide bonds. The second-order valence-electron chi connectivity index (χ2n) is 5.00. The first kappa shape index (κ1) is 10.3. The lowest BCUT2D eigenvalue weighted by Gasteiger charge is -2.38. The fourth-order valence-electron chi connectivity index (χ4n) is 3.20. The van der Waals surface area contributed by atoms with E-state index < -0.39 is 5.60 Å². The Morgan fingerprint density at radius 3 is 3.25 bits per heavy atom. The van der Waals surface area contributed by atoms with Crippen LogP contribution in [0.4, 0.5) is 0 Å². The Morgan fingerprint density at radius 2 is 2.44 bits per heavy atom. The maximum absolute atomic E-state index is 10.9. The number of hydrogen-bond acceptors (Lipinski definition) is 3. The van der Waals surface area contributed by atoms with Crippen molar-refractivity contribution in [1.29, 1.82) is 0 Å². The van der Waals surface area contributed by atoms with E-state index in [0.29, 0.717) is 5.92 Å². The third-order valence-corrected chi connectivity index (χ3v) is 4.20. The Kier molecular flexibility index (Phi) is 2.30. The highest BCUT2D eigenvalue weighted by atomic mass is 16.3. The Hall–Kier alpha value is -0.870. The summed E-state index contributed by atoms with van der Waals surface area (Å²) in [5.74, 6) is 1.25. The zero-order valence-corrected chi connectivity index (χ0v) is 9.76. The van der Waals surface area contributed by atoms with Crippen molar-refractivity contribution in [3.63, 3.8) is 0 Å². The standard InChI is InChI=1S/C12H19N3O/c1-2-15-8-5-13-11(15)12(16)4-7-14-6-3-10(12)9-14/h5,8,10,16H,2-4,6-7,9H2,1H3. The van der Waals surface area contributed by atoms with Crippen LogP contribution in [0.15, 0.2) is 12.4 Å². The number of aryl methyl sites for hydroxylation is 1. The minimum absolute atomic E-state index is 0.369. The Balaban J connectivity index is 1.98. The predicted molar refractivity (Wildman–Crippen MR) is 61.0 cm³/mol. The van der Waals surface area contributed by atoms with Crippen LogP contribution in [0.25, 0.3) is 0 Å². The molecule has 2 aliphatic rings. The summed E-state index contributed by atoms with van der Waals surface area (Å²) in [5, 5.41) is 10.9. The van der Waals surface area contributed by atoms with E-state index in [1.165, 1.54) is 0 Å². The molecule has 3 rings (SSSR count). The topological polar surface area (TPSA) is 41.3 Å². The van der Waals surface area contributed by atoms with Crippen LogP contribution in [-0.2, 0) is 12.1 Å². The molecule has 4 nitrogen and oxygen atoms in total. The van der Waals surface area contributed by atoms with Crippen LogP contribution in [0.5, 0.6) is 0 Å². The molecule has 88 valence electrons. The molecule has 0 radical (unpaired) electrons. The molecule has 16 heavy (non-hydrogen) atoms. The molecule has 2 fully saturated rings. The smallest absolute Gasteiger partial charge is 0.141 e. The van der Waals surface area contributed by atoms with Crippen molar-refractivity contribution in [3.05, 3.63) is 18.2 Å². The molecule has 3 heterocycles. The van der Waals surface area contributed by atoms with Crippen LogP contribution in [-0.4, -0.2) is 39.2 Å². The average molecular weight is 221 g/mol. The minimum atomic E-state index is -0.688. The van der Waals surface area contributed by atoms with E-state index >= 15 is 0 Å². The van der Waals surface area contributed by atoms with Crippen LogP contribution in [0.1, 0.15) is 25.6 Å². The van der Waals surface area contributed by atoms with Crippen molar-refractivity contribution in [2.75, 3.05) is 19.6 Å². The average Bonchev–Trinajstić information content (AvgIpc) is 2.93. The molecule has 0 aromatic carbocycles. The molecule has 1 N–H and O–H groups in total. The largest absolute Gasteiger partial charge is 0.382 e. The van der Waals surface area contributed by atoms with Gasteiger partial charge >= 0.3 is 0 Å². The summed E-state index contributed by atoms with van der Waals surface area (Å²) in [6, 6.07) is 0. The summed E-state index contributed by atoms with van der Waals surface area (Å²) < 4.78 is 2.08. The Bertz CT molecular complexity index is 389. The van der Waals surface area contributed by atoms with Crippen LogP contribution < -0.4 is 0 Å². The molecule has 2 bridgehead atoms. The van der Waals surface area contributed by atoms with Gasteiger partial charge in [0.1, 0.15) is 11.4 Å². The van der Waals surface area contributed by atoms with E-state index in [1.807, 2.05) is 6.20 Å². The van der Waals surface area contributed by atoms with Crippen LogP contribution in [0, 0.1) is 5.92 Å². The highest BCUT2D eigenvalue weighted by Gasteiger charge is 2.48. The van der Waals surface area contributed by atoms with Gasteiger partial charge in [-0.3, -0.25) is 0 Å². The molecular weight excluding hydrogens is 202 g/mol. The van der Waals surface area contributed by atoms with Gasteiger partial charge in [-0.15, -0.1) is 0 Å². The normalized spacial score (nSPS) is 37.9. The van der Waals surface area contributed by atoms with E-state index in [1.54, 1.807) is 6.20 Å². The SMILES string of the molecule is CCn1ccnc1C1(O)CCN2CCC1C2. The summed E-state index contributed by atoms with van der Waals surface area (Å²) in [6.45, 7) is 6.16. The first-order valence-electron chi connectivity index (χ1n) is 6.20. The van der Waals surface area contributed by atoms with Crippen molar-refractivity contribution in [1.82, 2.24) is 14.5 Å². The monoisotopic (exact) mass is 221 g/mol.